The summed E-state index contributed by atoms with van der Waals surface area (Å²) in [7, 11) is 0. The lowest BCUT2D eigenvalue weighted by Crippen LogP contribution is -2.54. The van der Waals surface area contributed by atoms with E-state index in [0.29, 0.717) is 12.2 Å². The molecular formula is C22H20N4O5. The van der Waals surface area contributed by atoms with E-state index in [0.717, 1.165) is 16.0 Å². The van der Waals surface area contributed by atoms with Crippen molar-refractivity contribution < 1.29 is 24.0 Å². The van der Waals surface area contributed by atoms with Gasteiger partial charge >= 0.3 is 0 Å². The van der Waals surface area contributed by atoms with Crippen molar-refractivity contribution in [3.8, 4) is 0 Å². The first-order valence-corrected chi connectivity index (χ1v) is 9.80. The molecule has 0 aromatic heterocycles. The third-order valence-electron chi connectivity index (χ3n) is 5.35. The van der Waals surface area contributed by atoms with E-state index in [1.165, 1.54) is 18.2 Å². The van der Waals surface area contributed by atoms with Crippen molar-refractivity contribution in [3.05, 3.63) is 64.7 Å². The van der Waals surface area contributed by atoms with E-state index < -0.39 is 29.7 Å². The topological polar surface area (TPSA) is 139 Å². The quantitative estimate of drug-likeness (QED) is 0.610. The van der Waals surface area contributed by atoms with Crippen LogP contribution >= 0.6 is 0 Å². The Morgan fingerprint density at radius 2 is 1.68 bits per heavy atom. The number of piperidine rings is 1. The highest BCUT2D eigenvalue weighted by molar-refractivity contribution is 6.23. The maximum atomic E-state index is 12.8. The summed E-state index contributed by atoms with van der Waals surface area (Å²) in [5.41, 5.74) is 7.98. The van der Waals surface area contributed by atoms with Crippen LogP contribution in [0.1, 0.15) is 44.7 Å². The van der Waals surface area contributed by atoms with Crippen LogP contribution in [0.25, 0.3) is 0 Å². The SMILES string of the molecule is NCc1ccc(CC(=O)Nc2ccc3c(c2)C(=O)N(C2CCC(=O)NC2=O)C3=O)cc1. The number of hydrogen-bond acceptors (Lipinski definition) is 6. The summed E-state index contributed by atoms with van der Waals surface area (Å²) in [4.78, 5) is 62.3. The van der Waals surface area contributed by atoms with Crippen molar-refractivity contribution in [3.63, 3.8) is 0 Å². The minimum Gasteiger partial charge on any atom is -0.326 e. The van der Waals surface area contributed by atoms with Gasteiger partial charge in [0.25, 0.3) is 11.8 Å². The molecule has 2 aromatic rings. The molecule has 31 heavy (non-hydrogen) atoms. The Bertz CT molecular complexity index is 1110. The number of anilines is 1. The summed E-state index contributed by atoms with van der Waals surface area (Å²) in [5, 5.41) is 4.88. The highest BCUT2D eigenvalue weighted by Crippen LogP contribution is 2.29. The van der Waals surface area contributed by atoms with Crippen LogP contribution in [-0.2, 0) is 27.3 Å². The minimum absolute atomic E-state index is 0.0530. The molecule has 4 rings (SSSR count). The Labute approximate surface area is 177 Å². The second-order valence-electron chi connectivity index (χ2n) is 7.45. The lowest BCUT2D eigenvalue weighted by Gasteiger charge is -2.27. The molecule has 1 fully saturated rings. The molecule has 4 N–H and O–H groups in total. The predicted octanol–water partition coefficient (Wildman–Crippen LogP) is 0.728. The fourth-order valence-electron chi connectivity index (χ4n) is 3.73. The summed E-state index contributed by atoms with van der Waals surface area (Å²) in [6, 6.07) is 10.7. The van der Waals surface area contributed by atoms with Crippen LogP contribution in [0.4, 0.5) is 5.69 Å². The molecular weight excluding hydrogens is 400 g/mol. The standard InChI is InChI=1S/C22H20N4O5/c23-11-13-3-1-12(2-4-13)9-19(28)24-14-5-6-15-16(10-14)22(31)26(21(15)30)17-7-8-18(27)25-20(17)29/h1-6,10,17H,7-9,11,23H2,(H,24,28)(H,25,27,29). The van der Waals surface area contributed by atoms with Gasteiger partial charge in [0, 0.05) is 18.7 Å². The van der Waals surface area contributed by atoms with E-state index >= 15 is 0 Å². The maximum absolute atomic E-state index is 12.8. The van der Waals surface area contributed by atoms with Crippen LogP contribution < -0.4 is 16.4 Å². The minimum atomic E-state index is -1.03. The molecule has 0 saturated carbocycles. The molecule has 1 atom stereocenters. The van der Waals surface area contributed by atoms with Gasteiger partial charge in [-0.05, 0) is 35.7 Å². The van der Waals surface area contributed by atoms with Crippen LogP contribution in [0.5, 0.6) is 0 Å². The molecule has 0 bridgehead atoms. The van der Waals surface area contributed by atoms with Gasteiger partial charge in [-0.1, -0.05) is 24.3 Å². The first-order chi connectivity index (χ1) is 14.9. The molecule has 2 aliphatic heterocycles. The Morgan fingerprint density at radius 3 is 2.35 bits per heavy atom. The molecule has 158 valence electrons. The number of rotatable bonds is 5. The van der Waals surface area contributed by atoms with Gasteiger partial charge in [-0.3, -0.25) is 34.2 Å². The predicted molar refractivity (Wildman–Crippen MR) is 110 cm³/mol. The summed E-state index contributed by atoms with van der Waals surface area (Å²) in [6.07, 6.45) is 0.275. The van der Waals surface area contributed by atoms with Gasteiger partial charge in [-0.15, -0.1) is 0 Å². The number of nitrogens with two attached hydrogens (primary N) is 1. The van der Waals surface area contributed by atoms with E-state index in [1.54, 1.807) is 0 Å². The number of benzene rings is 2. The van der Waals surface area contributed by atoms with Crippen LogP contribution in [0.15, 0.2) is 42.5 Å². The lowest BCUT2D eigenvalue weighted by atomic mass is 10.0. The lowest BCUT2D eigenvalue weighted by molar-refractivity contribution is -0.136. The number of nitrogens with zero attached hydrogens (tertiary/aromatic N) is 1. The van der Waals surface area contributed by atoms with E-state index in [1.807, 2.05) is 24.3 Å². The van der Waals surface area contributed by atoms with Crippen LogP contribution in [0, 0.1) is 0 Å². The Balaban J connectivity index is 1.48. The van der Waals surface area contributed by atoms with Crippen molar-refractivity contribution in [1.82, 2.24) is 10.2 Å². The zero-order valence-corrected chi connectivity index (χ0v) is 16.5. The van der Waals surface area contributed by atoms with E-state index in [2.05, 4.69) is 10.6 Å². The van der Waals surface area contributed by atoms with Crippen molar-refractivity contribution in [2.24, 2.45) is 5.73 Å². The van der Waals surface area contributed by atoms with Gasteiger partial charge in [-0.2, -0.15) is 0 Å². The average Bonchev–Trinajstić information content (AvgIpc) is 2.99. The molecule has 1 saturated heterocycles. The number of carbonyl (C=O) groups is 5. The number of fused-ring (bicyclic) bond motifs is 1. The number of hydrogen-bond donors (Lipinski definition) is 3. The van der Waals surface area contributed by atoms with Crippen molar-refractivity contribution in [1.29, 1.82) is 0 Å². The number of nitrogens with one attached hydrogen (secondary N) is 2. The van der Waals surface area contributed by atoms with E-state index in [-0.39, 0.29) is 36.3 Å². The molecule has 2 aromatic carbocycles. The van der Waals surface area contributed by atoms with Gasteiger partial charge in [-0.25, -0.2) is 0 Å². The van der Waals surface area contributed by atoms with Gasteiger partial charge in [0.1, 0.15) is 6.04 Å². The molecule has 2 aliphatic rings. The molecule has 2 heterocycles. The molecule has 1 unspecified atom stereocenters. The van der Waals surface area contributed by atoms with Crippen molar-refractivity contribution in [2.45, 2.75) is 31.8 Å². The number of imide groups is 2. The monoisotopic (exact) mass is 420 g/mol. The average molecular weight is 420 g/mol. The fourth-order valence-corrected chi connectivity index (χ4v) is 3.73. The molecule has 5 amide bonds. The highest BCUT2D eigenvalue weighted by Gasteiger charge is 2.44. The Kier molecular flexibility index (Phi) is 5.35. The third-order valence-corrected chi connectivity index (χ3v) is 5.35. The van der Waals surface area contributed by atoms with E-state index in [9.17, 15) is 24.0 Å². The van der Waals surface area contributed by atoms with E-state index in [4.69, 9.17) is 5.73 Å². The first-order valence-electron chi connectivity index (χ1n) is 9.80. The Hall–Kier alpha value is -3.85. The van der Waals surface area contributed by atoms with Crippen LogP contribution in [0.2, 0.25) is 0 Å². The normalized spacial score (nSPS) is 18.1. The van der Waals surface area contributed by atoms with Gasteiger partial charge in [0.2, 0.25) is 17.7 Å². The fraction of sp³-hybridized carbons (Fsp3) is 0.227. The summed E-state index contributed by atoms with van der Waals surface area (Å²) in [6.45, 7) is 0.421. The number of amides is 5. The Morgan fingerprint density at radius 1 is 1.00 bits per heavy atom. The second-order valence-corrected chi connectivity index (χ2v) is 7.45. The molecule has 0 radical (unpaired) electrons. The molecule has 0 spiro atoms. The zero-order chi connectivity index (χ0) is 22.1. The molecule has 9 heteroatoms. The van der Waals surface area contributed by atoms with Crippen molar-refractivity contribution >= 4 is 35.2 Å². The summed E-state index contributed by atoms with van der Waals surface area (Å²) < 4.78 is 0. The van der Waals surface area contributed by atoms with Crippen molar-refractivity contribution in [2.75, 3.05) is 5.32 Å². The van der Waals surface area contributed by atoms with Gasteiger partial charge in [0.05, 0.1) is 17.5 Å². The zero-order valence-electron chi connectivity index (χ0n) is 16.5. The van der Waals surface area contributed by atoms with Crippen LogP contribution in [-0.4, -0.2) is 40.5 Å². The summed E-state index contributed by atoms with van der Waals surface area (Å²) in [5.74, 6) is -2.59. The largest absolute Gasteiger partial charge is 0.326 e. The molecule has 0 aliphatic carbocycles. The number of carbonyl (C=O) groups excluding carboxylic acids is 5. The van der Waals surface area contributed by atoms with Crippen LogP contribution in [0.3, 0.4) is 0 Å². The first kappa shape index (κ1) is 20.4. The summed E-state index contributed by atoms with van der Waals surface area (Å²) >= 11 is 0. The maximum Gasteiger partial charge on any atom is 0.262 e. The second kappa shape index (κ2) is 8.11. The smallest absolute Gasteiger partial charge is 0.262 e. The van der Waals surface area contributed by atoms with Gasteiger partial charge < -0.3 is 11.1 Å². The van der Waals surface area contributed by atoms with Gasteiger partial charge in [0.15, 0.2) is 0 Å². The molecule has 9 nitrogen and oxygen atoms in total. The highest BCUT2D eigenvalue weighted by atomic mass is 16.2. The third kappa shape index (κ3) is 3.95.